The number of ether oxygens (including phenoxy) is 1. The number of nitrogens with zero attached hydrogens (tertiary/aromatic N) is 1. The molecule has 1 heterocycles. The van der Waals surface area contributed by atoms with Crippen LogP contribution >= 0.6 is 0 Å². The lowest BCUT2D eigenvalue weighted by molar-refractivity contribution is -0.124. The van der Waals surface area contributed by atoms with Gasteiger partial charge >= 0.3 is 0 Å². The molecule has 0 bridgehead atoms. The van der Waals surface area contributed by atoms with Crippen molar-refractivity contribution in [3.63, 3.8) is 0 Å². The van der Waals surface area contributed by atoms with Crippen molar-refractivity contribution >= 4 is 5.91 Å². The SMILES string of the molecule is CCNC(C)(CCN1CCC(OC)CC1C)C(N)=O. The second kappa shape index (κ2) is 7.22. The van der Waals surface area contributed by atoms with E-state index < -0.39 is 5.54 Å². The Labute approximate surface area is 116 Å². The predicted molar refractivity (Wildman–Crippen MR) is 77.0 cm³/mol. The molecule has 0 aromatic heterocycles. The minimum atomic E-state index is -0.605. The zero-order chi connectivity index (χ0) is 14.5. The number of likely N-dealkylation sites (N-methyl/N-ethyl adjacent to an activating group) is 1. The number of hydrogen-bond donors (Lipinski definition) is 2. The van der Waals surface area contributed by atoms with Gasteiger partial charge in [0.05, 0.1) is 11.6 Å². The summed E-state index contributed by atoms with van der Waals surface area (Å²) in [7, 11) is 1.78. The first-order valence-corrected chi connectivity index (χ1v) is 7.24. The maximum atomic E-state index is 11.6. The zero-order valence-electron chi connectivity index (χ0n) is 12.7. The first-order chi connectivity index (χ1) is 8.92. The highest BCUT2D eigenvalue weighted by atomic mass is 16.5. The number of amides is 1. The van der Waals surface area contributed by atoms with E-state index in [4.69, 9.17) is 10.5 Å². The average Bonchev–Trinajstić information content (AvgIpc) is 2.37. The quantitative estimate of drug-likeness (QED) is 0.716. The van der Waals surface area contributed by atoms with Crippen LogP contribution in [0.5, 0.6) is 0 Å². The number of nitrogens with two attached hydrogens (primary N) is 1. The fourth-order valence-corrected chi connectivity index (χ4v) is 2.78. The molecule has 5 heteroatoms. The molecule has 3 N–H and O–H groups in total. The molecule has 1 rings (SSSR count). The zero-order valence-corrected chi connectivity index (χ0v) is 12.7. The minimum absolute atomic E-state index is 0.270. The Morgan fingerprint density at radius 2 is 2.26 bits per heavy atom. The molecule has 1 amide bonds. The van der Waals surface area contributed by atoms with Crippen LogP contribution in [0.4, 0.5) is 0 Å². The summed E-state index contributed by atoms with van der Waals surface area (Å²) in [6.45, 7) is 8.78. The third kappa shape index (κ3) is 4.44. The van der Waals surface area contributed by atoms with E-state index >= 15 is 0 Å². The van der Waals surface area contributed by atoms with E-state index in [1.165, 1.54) is 0 Å². The van der Waals surface area contributed by atoms with Gasteiger partial charge in [0.25, 0.3) is 0 Å². The number of nitrogens with one attached hydrogen (secondary N) is 1. The van der Waals surface area contributed by atoms with Gasteiger partial charge in [-0.05, 0) is 39.7 Å². The molecule has 0 aromatic carbocycles. The highest BCUT2D eigenvalue weighted by Crippen LogP contribution is 2.21. The van der Waals surface area contributed by atoms with Gasteiger partial charge in [0, 0.05) is 26.2 Å². The van der Waals surface area contributed by atoms with Gasteiger partial charge in [-0.3, -0.25) is 4.79 Å². The summed E-state index contributed by atoms with van der Waals surface area (Å²) in [5.74, 6) is -0.270. The first-order valence-electron chi connectivity index (χ1n) is 7.24. The van der Waals surface area contributed by atoms with E-state index in [0.29, 0.717) is 12.1 Å². The molecule has 3 atom stereocenters. The van der Waals surface area contributed by atoms with E-state index in [9.17, 15) is 4.79 Å². The Kier molecular flexibility index (Phi) is 6.23. The van der Waals surface area contributed by atoms with Crippen molar-refractivity contribution in [1.29, 1.82) is 0 Å². The molecule has 0 spiro atoms. The van der Waals surface area contributed by atoms with Gasteiger partial charge in [-0.25, -0.2) is 0 Å². The summed E-state index contributed by atoms with van der Waals surface area (Å²) in [5, 5.41) is 3.21. The number of primary amides is 1. The number of hydrogen-bond acceptors (Lipinski definition) is 4. The van der Waals surface area contributed by atoms with Gasteiger partial charge in [-0.1, -0.05) is 6.92 Å². The van der Waals surface area contributed by atoms with Crippen molar-refractivity contribution in [3.8, 4) is 0 Å². The molecule has 0 aromatic rings. The van der Waals surface area contributed by atoms with Crippen molar-refractivity contribution in [2.45, 2.75) is 57.7 Å². The van der Waals surface area contributed by atoms with Gasteiger partial charge in [0.2, 0.25) is 5.91 Å². The molecule has 3 unspecified atom stereocenters. The van der Waals surface area contributed by atoms with Crippen LogP contribution in [0.3, 0.4) is 0 Å². The van der Waals surface area contributed by atoms with E-state index in [0.717, 1.165) is 38.9 Å². The lowest BCUT2D eigenvalue weighted by atomic mass is 9.94. The van der Waals surface area contributed by atoms with E-state index in [1.54, 1.807) is 7.11 Å². The summed E-state index contributed by atoms with van der Waals surface area (Å²) in [4.78, 5) is 14.0. The number of methoxy groups -OCH3 is 1. The maximum Gasteiger partial charge on any atom is 0.237 e. The van der Waals surface area contributed by atoms with Crippen LogP contribution in [0.1, 0.15) is 40.0 Å². The van der Waals surface area contributed by atoms with Gasteiger partial charge in [-0.2, -0.15) is 0 Å². The molecule has 1 fully saturated rings. The Bertz CT molecular complexity index is 298. The van der Waals surface area contributed by atoms with Gasteiger partial charge in [0.1, 0.15) is 0 Å². The number of likely N-dealkylation sites (tertiary alicyclic amines) is 1. The topological polar surface area (TPSA) is 67.6 Å². The monoisotopic (exact) mass is 271 g/mol. The van der Waals surface area contributed by atoms with Crippen molar-refractivity contribution in [3.05, 3.63) is 0 Å². The largest absolute Gasteiger partial charge is 0.381 e. The third-order valence-corrected chi connectivity index (χ3v) is 4.31. The Balaban J connectivity index is 2.49. The molecule has 1 aliphatic heterocycles. The molecule has 112 valence electrons. The highest BCUT2D eigenvalue weighted by molar-refractivity contribution is 5.84. The first kappa shape index (κ1) is 16.4. The van der Waals surface area contributed by atoms with Crippen LogP contribution < -0.4 is 11.1 Å². The summed E-state index contributed by atoms with van der Waals surface area (Å²) < 4.78 is 5.42. The van der Waals surface area contributed by atoms with Gasteiger partial charge in [-0.15, -0.1) is 0 Å². The normalized spacial score (nSPS) is 28.0. The smallest absolute Gasteiger partial charge is 0.237 e. The summed E-state index contributed by atoms with van der Waals surface area (Å²) in [6.07, 6.45) is 3.25. The fraction of sp³-hybridized carbons (Fsp3) is 0.929. The van der Waals surface area contributed by atoms with E-state index in [-0.39, 0.29) is 5.91 Å². The maximum absolute atomic E-state index is 11.6. The highest BCUT2D eigenvalue weighted by Gasteiger charge is 2.32. The number of piperidine rings is 1. The molecule has 5 nitrogen and oxygen atoms in total. The second-order valence-electron chi connectivity index (χ2n) is 5.74. The van der Waals surface area contributed by atoms with Crippen molar-refractivity contribution < 1.29 is 9.53 Å². The molecule has 1 aliphatic rings. The van der Waals surface area contributed by atoms with Crippen LogP contribution in [-0.2, 0) is 9.53 Å². The standard InChI is InChI=1S/C14H29N3O2/c1-5-16-14(3,13(15)18)7-9-17-8-6-12(19-4)10-11(17)2/h11-12,16H,5-10H2,1-4H3,(H2,15,18). The molecular formula is C14H29N3O2. The molecule has 0 saturated carbocycles. The molecule has 0 aliphatic carbocycles. The fourth-order valence-electron chi connectivity index (χ4n) is 2.78. The second-order valence-corrected chi connectivity index (χ2v) is 5.74. The summed E-state index contributed by atoms with van der Waals surface area (Å²) in [6, 6.07) is 0.498. The summed E-state index contributed by atoms with van der Waals surface area (Å²) >= 11 is 0. The number of carbonyl (C=O) groups is 1. The Morgan fingerprint density at radius 1 is 1.58 bits per heavy atom. The number of rotatable bonds is 7. The minimum Gasteiger partial charge on any atom is -0.381 e. The van der Waals surface area contributed by atoms with Crippen LogP contribution in [0.25, 0.3) is 0 Å². The summed E-state index contributed by atoms with van der Waals surface area (Å²) in [5.41, 5.74) is 4.91. The molecule has 1 saturated heterocycles. The molecule has 0 radical (unpaired) electrons. The predicted octanol–water partition coefficient (Wildman–Crippen LogP) is 0.729. The number of carbonyl (C=O) groups excluding carboxylic acids is 1. The lowest BCUT2D eigenvalue weighted by Gasteiger charge is -2.39. The van der Waals surface area contributed by atoms with Crippen molar-refractivity contribution in [2.75, 3.05) is 26.7 Å². The van der Waals surface area contributed by atoms with Crippen LogP contribution in [0.15, 0.2) is 0 Å². The van der Waals surface area contributed by atoms with Crippen LogP contribution in [-0.4, -0.2) is 55.2 Å². The Morgan fingerprint density at radius 3 is 2.74 bits per heavy atom. The third-order valence-electron chi connectivity index (χ3n) is 4.31. The lowest BCUT2D eigenvalue weighted by Crippen LogP contribution is -2.55. The van der Waals surface area contributed by atoms with Crippen LogP contribution in [0.2, 0.25) is 0 Å². The Hall–Kier alpha value is -0.650. The van der Waals surface area contributed by atoms with Crippen LogP contribution in [0, 0.1) is 0 Å². The van der Waals surface area contributed by atoms with E-state index in [1.807, 2.05) is 13.8 Å². The van der Waals surface area contributed by atoms with Crippen molar-refractivity contribution in [1.82, 2.24) is 10.2 Å². The van der Waals surface area contributed by atoms with E-state index in [2.05, 4.69) is 17.1 Å². The van der Waals surface area contributed by atoms with Gasteiger partial charge < -0.3 is 20.7 Å². The molecule has 19 heavy (non-hydrogen) atoms. The van der Waals surface area contributed by atoms with Gasteiger partial charge in [0.15, 0.2) is 0 Å². The van der Waals surface area contributed by atoms with Crippen molar-refractivity contribution in [2.24, 2.45) is 5.73 Å². The average molecular weight is 271 g/mol. The molecular weight excluding hydrogens is 242 g/mol.